The van der Waals surface area contributed by atoms with Crippen molar-refractivity contribution in [2.45, 2.75) is 25.9 Å². The van der Waals surface area contributed by atoms with Gasteiger partial charge in [0.1, 0.15) is 12.4 Å². The van der Waals surface area contributed by atoms with Crippen LogP contribution in [0.2, 0.25) is 0 Å². The van der Waals surface area contributed by atoms with Crippen molar-refractivity contribution < 1.29 is 18.6 Å². The first-order valence-corrected chi connectivity index (χ1v) is 4.71. The molecule has 15 heavy (non-hydrogen) atoms. The molecular weight excluding hydrogens is 202 g/mol. The molecule has 0 amide bonds. The number of hydrogen-bond acceptors (Lipinski definition) is 2. The molecule has 0 bridgehead atoms. The van der Waals surface area contributed by atoms with Gasteiger partial charge >= 0.3 is 0 Å². The van der Waals surface area contributed by atoms with E-state index in [-0.39, 0.29) is 11.7 Å². The first-order valence-electron chi connectivity index (χ1n) is 4.71. The minimum Gasteiger partial charge on any atom is -0.491 e. The standard InChI is InChI=1S/C11H14F2O2/c1-8(2)15-10-5-3-9(4-6-10)11(12,13)7-14/h3-6,8,14H,7H2,1-2H3. The summed E-state index contributed by atoms with van der Waals surface area (Å²) in [6.07, 6.45) is 0.00852. The third kappa shape index (κ3) is 3.16. The van der Waals surface area contributed by atoms with E-state index >= 15 is 0 Å². The fourth-order valence-corrected chi connectivity index (χ4v) is 1.14. The molecule has 0 aliphatic rings. The zero-order chi connectivity index (χ0) is 11.5. The summed E-state index contributed by atoms with van der Waals surface area (Å²) in [6, 6.07) is 5.46. The minimum atomic E-state index is -3.18. The minimum absolute atomic E-state index is 0.00852. The molecule has 0 aliphatic carbocycles. The molecule has 0 radical (unpaired) electrons. The molecule has 0 unspecified atom stereocenters. The van der Waals surface area contributed by atoms with Crippen LogP contribution in [0.1, 0.15) is 19.4 Å². The van der Waals surface area contributed by atoms with E-state index in [0.29, 0.717) is 5.75 Å². The van der Waals surface area contributed by atoms with Gasteiger partial charge in [0.05, 0.1) is 6.10 Å². The summed E-state index contributed by atoms with van der Waals surface area (Å²) in [6.45, 7) is 2.53. The van der Waals surface area contributed by atoms with Crippen LogP contribution in [0.25, 0.3) is 0 Å². The second kappa shape index (κ2) is 4.57. The number of ether oxygens (including phenoxy) is 1. The highest BCUT2D eigenvalue weighted by Gasteiger charge is 2.30. The van der Waals surface area contributed by atoms with E-state index in [4.69, 9.17) is 9.84 Å². The Kier molecular flexibility index (Phi) is 3.63. The number of benzene rings is 1. The van der Waals surface area contributed by atoms with Gasteiger partial charge in [0.15, 0.2) is 0 Å². The zero-order valence-electron chi connectivity index (χ0n) is 8.71. The lowest BCUT2D eigenvalue weighted by Crippen LogP contribution is -2.18. The molecule has 0 saturated heterocycles. The van der Waals surface area contributed by atoms with E-state index in [1.54, 1.807) is 0 Å². The fourth-order valence-electron chi connectivity index (χ4n) is 1.14. The van der Waals surface area contributed by atoms with Crippen molar-refractivity contribution in [2.24, 2.45) is 0 Å². The summed E-state index contributed by atoms with van der Waals surface area (Å²) in [5, 5.41) is 8.48. The predicted octanol–water partition coefficient (Wildman–Crippen LogP) is 2.56. The Balaban J connectivity index is 2.81. The molecule has 1 aromatic rings. The maximum atomic E-state index is 13.0. The normalized spacial score (nSPS) is 11.9. The van der Waals surface area contributed by atoms with Gasteiger partial charge in [-0.15, -0.1) is 0 Å². The van der Waals surface area contributed by atoms with Gasteiger partial charge in [-0.3, -0.25) is 0 Å². The van der Waals surface area contributed by atoms with Gasteiger partial charge in [0, 0.05) is 5.56 Å². The van der Waals surface area contributed by atoms with Gasteiger partial charge in [-0.05, 0) is 38.1 Å². The van der Waals surface area contributed by atoms with Crippen molar-refractivity contribution in [3.63, 3.8) is 0 Å². The number of rotatable bonds is 4. The summed E-state index contributed by atoms with van der Waals surface area (Å²) >= 11 is 0. The number of aliphatic hydroxyl groups excluding tert-OH is 1. The number of hydrogen-bond donors (Lipinski definition) is 1. The average Bonchev–Trinajstić information content (AvgIpc) is 2.18. The highest BCUT2D eigenvalue weighted by atomic mass is 19.3. The van der Waals surface area contributed by atoms with Gasteiger partial charge in [0.25, 0.3) is 5.92 Å². The van der Waals surface area contributed by atoms with E-state index < -0.39 is 12.5 Å². The highest BCUT2D eigenvalue weighted by molar-refractivity contribution is 5.29. The second-order valence-electron chi connectivity index (χ2n) is 3.55. The Bertz CT molecular complexity index is 307. The van der Waals surface area contributed by atoms with Crippen LogP contribution in [-0.2, 0) is 5.92 Å². The van der Waals surface area contributed by atoms with Crippen LogP contribution < -0.4 is 4.74 Å². The van der Waals surface area contributed by atoms with Crippen LogP contribution in [0.5, 0.6) is 5.75 Å². The summed E-state index contributed by atoms with van der Waals surface area (Å²) in [7, 11) is 0. The van der Waals surface area contributed by atoms with Gasteiger partial charge in [-0.25, -0.2) is 0 Å². The third-order valence-electron chi connectivity index (χ3n) is 1.85. The molecule has 1 aromatic carbocycles. The van der Waals surface area contributed by atoms with Crippen molar-refractivity contribution in [3.8, 4) is 5.75 Å². The fraction of sp³-hybridized carbons (Fsp3) is 0.455. The molecular formula is C11H14F2O2. The molecule has 1 N–H and O–H groups in total. The Morgan fingerprint density at radius 3 is 2.20 bits per heavy atom. The number of aliphatic hydroxyl groups is 1. The lowest BCUT2D eigenvalue weighted by molar-refractivity contribution is -0.0556. The van der Waals surface area contributed by atoms with Gasteiger partial charge in [-0.1, -0.05) is 0 Å². The average molecular weight is 216 g/mol. The molecule has 0 fully saturated rings. The maximum Gasteiger partial charge on any atom is 0.295 e. The monoisotopic (exact) mass is 216 g/mol. The Hall–Kier alpha value is -1.16. The predicted molar refractivity (Wildman–Crippen MR) is 53.2 cm³/mol. The highest BCUT2D eigenvalue weighted by Crippen LogP contribution is 2.28. The lowest BCUT2D eigenvalue weighted by Gasteiger charge is -2.15. The van der Waals surface area contributed by atoms with Crippen LogP contribution in [0.3, 0.4) is 0 Å². The van der Waals surface area contributed by atoms with Crippen LogP contribution >= 0.6 is 0 Å². The third-order valence-corrected chi connectivity index (χ3v) is 1.85. The lowest BCUT2D eigenvalue weighted by atomic mass is 10.1. The largest absolute Gasteiger partial charge is 0.491 e. The SMILES string of the molecule is CC(C)Oc1ccc(C(F)(F)CO)cc1. The Morgan fingerprint density at radius 1 is 1.27 bits per heavy atom. The van der Waals surface area contributed by atoms with Gasteiger partial charge < -0.3 is 9.84 Å². The zero-order valence-corrected chi connectivity index (χ0v) is 8.71. The second-order valence-corrected chi connectivity index (χ2v) is 3.55. The first kappa shape index (κ1) is 11.9. The molecule has 84 valence electrons. The van der Waals surface area contributed by atoms with E-state index in [1.807, 2.05) is 13.8 Å². The van der Waals surface area contributed by atoms with E-state index in [1.165, 1.54) is 24.3 Å². The maximum absolute atomic E-state index is 13.0. The molecule has 4 heteroatoms. The molecule has 1 rings (SSSR count). The Morgan fingerprint density at radius 2 is 1.80 bits per heavy atom. The summed E-state index contributed by atoms with van der Waals surface area (Å²) < 4.78 is 31.3. The van der Waals surface area contributed by atoms with Crippen molar-refractivity contribution in [1.29, 1.82) is 0 Å². The molecule has 0 aliphatic heterocycles. The molecule has 2 nitrogen and oxygen atoms in total. The topological polar surface area (TPSA) is 29.5 Å². The van der Waals surface area contributed by atoms with Crippen molar-refractivity contribution >= 4 is 0 Å². The van der Waals surface area contributed by atoms with Gasteiger partial charge in [0.2, 0.25) is 0 Å². The molecule has 0 saturated carbocycles. The summed E-state index contributed by atoms with van der Waals surface area (Å²) in [4.78, 5) is 0. The quantitative estimate of drug-likeness (QED) is 0.838. The first-order chi connectivity index (χ1) is 6.95. The van der Waals surface area contributed by atoms with Crippen LogP contribution in [0.15, 0.2) is 24.3 Å². The van der Waals surface area contributed by atoms with E-state index in [9.17, 15) is 8.78 Å². The number of halogens is 2. The van der Waals surface area contributed by atoms with Crippen molar-refractivity contribution in [2.75, 3.05) is 6.61 Å². The molecule has 0 aromatic heterocycles. The van der Waals surface area contributed by atoms with Crippen LogP contribution in [-0.4, -0.2) is 17.8 Å². The van der Waals surface area contributed by atoms with Crippen LogP contribution in [0, 0.1) is 0 Å². The molecule has 0 spiro atoms. The summed E-state index contributed by atoms with van der Waals surface area (Å²) in [5.74, 6) is -2.64. The van der Waals surface area contributed by atoms with E-state index in [2.05, 4.69) is 0 Å². The summed E-state index contributed by atoms with van der Waals surface area (Å²) in [5.41, 5.74) is -0.207. The Labute approximate surface area is 87.5 Å². The van der Waals surface area contributed by atoms with Crippen molar-refractivity contribution in [1.82, 2.24) is 0 Å². The number of alkyl halides is 2. The van der Waals surface area contributed by atoms with Crippen LogP contribution in [0.4, 0.5) is 8.78 Å². The smallest absolute Gasteiger partial charge is 0.295 e. The van der Waals surface area contributed by atoms with Crippen molar-refractivity contribution in [3.05, 3.63) is 29.8 Å². The molecule has 0 atom stereocenters. The van der Waals surface area contributed by atoms with Gasteiger partial charge in [-0.2, -0.15) is 8.78 Å². The molecule has 0 heterocycles. The van der Waals surface area contributed by atoms with E-state index in [0.717, 1.165) is 0 Å².